The van der Waals surface area contributed by atoms with Crippen molar-refractivity contribution in [2.75, 3.05) is 40.3 Å². The number of fused-ring (bicyclic) bond motifs is 1. The SMILES string of the molecule is COc1cc2nc(N(C)C)c(CNCc3cccc(F)c3)cc2c(OC)c1OC. The number of hydrogen-bond donors (Lipinski definition) is 1. The van der Waals surface area contributed by atoms with Gasteiger partial charge in [-0.05, 0) is 23.8 Å². The van der Waals surface area contributed by atoms with Crippen LogP contribution in [0, 0.1) is 5.82 Å². The van der Waals surface area contributed by atoms with E-state index in [1.54, 1.807) is 27.4 Å². The molecule has 3 rings (SSSR count). The Hall–Kier alpha value is -3.06. The first-order chi connectivity index (χ1) is 14.0. The van der Waals surface area contributed by atoms with Gasteiger partial charge in [-0.2, -0.15) is 0 Å². The van der Waals surface area contributed by atoms with E-state index in [9.17, 15) is 4.39 Å². The standard InChI is InChI=1S/C22H26FN3O3/c1-26(2)22-15(13-24-12-14-7-6-8-16(23)9-14)10-17-18(25-22)11-19(27-3)21(29-5)20(17)28-4/h6-11,24H,12-13H2,1-5H3. The molecule has 29 heavy (non-hydrogen) atoms. The Balaban J connectivity index is 1.99. The molecule has 0 aliphatic carbocycles. The second-order valence-corrected chi connectivity index (χ2v) is 6.81. The highest BCUT2D eigenvalue weighted by atomic mass is 19.1. The molecule has 0 fully saturated rings. The summed E-state index contributed by atoms with van der Waals surface area (Å²) in [4.78, 5) is 6.78. The molecule has 3 aromatic rings. The van der Waals surface area contributed by atoms with E-state index >= 15 is 0 Å². The van der Waals surface area contributed by atoms with Crippen LogP contribution < -0.4 is 24.4 Å². The van der Waals surface area contributed by atoms with Crippen molar-refractivity contribution >= 4 is 16.7 Å². The Labute approximate surface area is 170 Å². The molecule has 0 saturated heterocycles. The lowest BCUT2D eigenvalue weighted by Crippen LogP contribution is -2.18. The Bertz CT molecular complexity index is 1010. The van der Waals surface area contributed by atoms with E-state index in [4.69, 9.17) is 19.2 Å². The molecule has 0 amide bonds. The summed E-state index contributed by atoms with van der Waals surface area (Å²) in [6.45, 7) is 1.11. The first kappa shape index (κ1) is 20.7. The van der Waals surface area contributed by atoms with Crippen LogP contribution >= 0.6 is 0 Å². The molecule has 0 aliphatic rings. The molecule has 0 bridgehead atoms. The normalized spacial score (nSPS) is 10.8. The summed E-state index contributed by atoms with van der Waals surface area (Å²) >= 11 is 0. The lowest BCUT2D eigenvalue weighted by atomic mass is 10.1. The number of ether oxygens (including phenoxy) is 3. The summed E-state index contributed by atoms with van der Waals surface area (Å²) in [5.41, 5.74) is 2.62. The molecule has 154 valence electrons. The second kappa shape index (κ2) is 8.96. The van der Waals surface area contributed by atoms with Gasteiger partial charge in [-0.25, -0.2) is 9.37 Å². The van der Waals surface area contributed by atoms with E-state index in [0.717, 1.165) is 27.8 Å². The molecule has 1 aromatic heterocycles. The van der Waals surface area contributed by atoms with Crippen LogP contribution in [0.5, 0.6) is 17.2 Å². The van der Waals surface area contributed by atoms with Gasteiger partial charge in [0.15, 0.2) is 11.5 Å². The van der Waals surface area contributed by atoms with Gasteiger partial charge < -0.3 is 24.4 Å². The van der Waals surface area contributed by atoms with Crippen LogP contribution in [0.4, 0.5) is 10.2 Å². The predicted octanol–water partition coefficient (Wildman–Crippen LogP) is 3.76. The lowest BCUT2D eigenvalue weighted by molar-refractivity contribution is 0.327. The summed E-state index contributed by atoms with van der Waals surface area (Å²) < 4.78 is 29.9. The molecule has 1 N–H and O–H groups in total. The predicted molar refractivity (Wildman–Crippen MR) is 113 cm³/mol. The quantitative estimate of drug-likeness (QED) is 0.623. The average molecular weight is 399 g/mol. The third-order valence-electron chi connectivity index (χ3n) is 4.64. The molecule has 0 saturated carbocycles. The molecule has 0 unspecified atom stereocenters. The largest absolute Gasteiger partial charge is 0.493 e. The van der Waals surface area contributed by atoms with Gasteiger partial charge in [-0.15, -0.1) is 0 Å². The maximum Gasteiger partial charge on any atom is 0.204 e. The molecule has 1 heterocycles. The van der Waals surface area contributed by atoms with Crippen LogP contribution in [0.25, 0.3) is 10.9 Å². The van der Waals surface area contributed by atoms with Gasteiger partial charge in [0.2, 0.25) is 5.75 Å². The highest BCUT2D eigenvalue weighted by Gasteiger charge is 2.19. The molecular weight excluding hydrogens is 373 g/mol. The topological polar surface area (TPSA) is 55.9 Å². The Kier molecular flexibility index (Phi) is 6.39. The number of pyridine rings is 1. The minimum atomic E-state index is -0.239. The molecular formula is C22H26FN3O3. The summed E-state index contributed by atoms with van der Waals surface area (Å²) in [7, 11) is 8.65. The van der Waals surface area contributed by atoms with Gasteiger partial charge in [0.05, 0.1) is 26.8 Å². The highest BCUT2D eigenvalue weighted by molar-refractivity contribution is 5.92. The molecule has 0 aliphatic heterocycles. The van der Waals surface area contributed by atoms with Crippen molar-refractivity contribution < 1.29 is 18.6 Å². The number of methoxy groups -OCH3 is 3. The monoisotopic (exact) mass is 399 g/mol. The van der Waals surface area contributed by atoms with Crippen LogP contribution in [0.15, 0.2) is 36.4 Å². The fraction of sp³-hybridized carbons (Fsp3) is 0.318. The third kappa shape index (κ3) is 4.35. The fourth-order valence-electron chi connectivity index (χ4n) is 3.33. The molecule has 0 atom stereocenters. The fourth-order valence-corrected chi connectivity index (χ4v) is 3.33. The minimum absolute atomic E-state index is 0.239. The zero-order valence-electron chi connectivity index (χ0n) is 17.4. The lowest BCUT2D eigenvalue weighted by Gasteiger charge is -2.20. The number of hydrogen-bond acceptors (Lipinski definition) is 6. The van der Waals surface area contributed by atoms with Crippen molar-refractivity contribution in [2.24, 2.45) is 0 Å². The summed E-state index contributed by atoms with van der Waals surface area (Å²) in [6, 6.07) is 10.4. The van der Waals surface area contributed by atoms with Crippen molar-refractivity contribution in [3.8, 4) is 17.2 Å². The maximum atomic E-state index is 13.4. The molecule has 0 spiro atoms. The number of nitrogens with one attached hydrogen (secondary N) is 1. The van der Waals surface area contributed by atoms with Crippen molar-refractivity contribution in [1.82, 2.24) is 10.3 Å². The van der Waals surface area contributed by atoms with E-state index < -0.39 is 0 Å². The molecule has 6 nitrogen and oxygen atoms in total. The third-order valence-corrected chi connectivity index (χ3v) is 4.64. The number of halogens is 1. The van der Waals surface area contributed by atoms with Gasteiger partial charge in [0, 0.05) is 44.2 Å². The maximum absolute atomic E-state index is 13.4. The Morgan fingerprint density at radius 2 is 1.72 bits per heavy atom. The first-order valence-corrected chi connectivity index (χ1v) is 9.23. The summed E-state index contributed by atoms with van der Waals surface area (Å²) in [5.74, 6) is 2.26. The minimum Gasteiger partial charge on any atom is -0.493 e. The molecule has 0 radical (unpaired) electrons. The van der Waals surface area contributed by atoms with E-state index in [1.165, 1.54) is 12.1 Å². The van der Waals surface area contributed by atoms with Gasteiger partial charge >= 0.3 is 0 Å². The van der Waals surface area contributed by atoms with E-state index in [0.29, 0.717) is 30.3 Å². The van der Waals surface area contributed by atoms with E-state index in [2.05, 4.69) is 5.32 Å². The Morgan fingerprint density at radius 3 is 2.34 bits per heavy atom. The van der Waals surface area contributed by atoms with E-state index in [-0.39, 0.29) is 5.82 Å². The number of benzene rings is 2. The summed E-state index contributed by atoms with van der Waals surface area (Å²) in [5, 5.41) is 4.20. The number of aromatic nitrogens is 1. The van der Waals surface area contributed by atoms with Gasteiger partial charge in [-0.3, -0.25) is 0 Å². The highest BCUT2D eigenvalue weighted by Crippen LogP contribution is 2.43. The van der Waals surface area contributed by atoms with Crippen molar-refractivity contribution in [2.45, 2.75) is 13.1 Å². The zero-order chi connectivity index (χ0) is 21.0. The van der Waals surface area contributed by atoms with Gasteiger partial charge in [0.25, 0.3) is 0 Å². The Morgan fingerprint density at radius 1 is 0.966 bits per heavy atom. The molecule has 2 aromatic carbocycles. The number of nitrogens with zero attached hydrogens (tertiary/aromatic N) is 2. The van der Waals surface area contributed by atoms with Crippen molar-refractivity contribution in [3.05, 3.63) is 53.3 Å². The van der Waals surface area contributed by atoms with Crippen molar-refractivity contribution in [1.29, 1.82) is 0 Å². The van der Waals surface area contributed by atoms with Crippen molar-refractivity contribution in [3.63, 3.8) is 0 Å². The van der Waals surface area contributed by atoms with Gasteiger partial charge in [0.1, 0.15) is 11.6 Å². The molecule has 7 heteroatoms. The van der Waals surface area contributed by atoms with Crippen LogP contribution in [0.1, 0.15) is 11.1 Å². The van der Waals surface area contributed by atoms with Crippen LogP contribution in [-0.2, 0) is 13.1 Å². The van der Waals surface area contributed by atoms with Crippen LogP contribution in [0.2, 0.25) is 0 Å². The van der Waals surface area contributed by atoms with Gasteiger partial charge in [-0.1, -0.05) is 12.1 Å². The zero-order valence-corrected chi connectivity index (χ0v) is 17.4. The summed E-state index contributed by atoms with van der Waals surface area (Å²) in [6.07, 6.45) is 0. The first-order valence-electron chi connectivity index (χ1n) is 9.23. The average Bonchev–Trinajstić information content (AvgIpc) is 2.71. The van der Waals surface area contributed by atoms with E-state index in [1.807, 2.05) is 37.2 Å². The van der Waals surface area contributed by atoms with Crippen LogP contribution in [-0.4, -0.2) is 40.4 Å². The van der Waals surface area contributed by atoms with Crippen LogP contribution in [0.3, 0.4) is 0 Å². The number of rotatable bonds is 8. The number of anilines is 1. The smallest absolute Gasteiger partial charge is 0.204 e. The second-order valence-electron chi connectivity index (χ2n) is 6.81.